The van der Waals surface area contributed by atoms with E-state index in [4.69, 9.17) is 10.3 Å². The van der Waals surface area contributed by atoms with Gasteiger partial charge in [0.05, 0.1) is 5.69 Å². The van der Waals surface area contributed by atoms with E-state index in [0.717, 1.165) is 43.2 Å². The summed E-state index contributed by atoms with van der Waals surface area (Å²) >= 11 is 0. The van der Waals surface area contributed by atoms with Crippen LogP contribution in [0.3, 0.4) is 0 Å². The van der Waals surface area contributed by atoms with Crippen molar-refractivity contribution in [3.05, 3.63) is 11.3 Å². The number of rotatable bonds is 1. The second-order valence-electron chi connectivity index (χ2n) is 4.95. The predicted octanol–water partition coefficient (Wildman–Crippen LogP) is 1.60. The molecule has 3 rings (SSSR count). The molecule has 16 heavy (non-hydrogen) atoms. The first kappa shape index (κ1) is 10.1. The fraction of sp³-hybridized carbons (Fsp3) is 0.750. The summed E-state index contributed by atoms with van der Waals surface area (Å²) in [6.07, 6.45) is 7.54. The number of nitrogens with zero attached hydrogens (tertiary/aromatic N) is 2. The Morgan fingerprint density at radius 3 is 2.75 bits per heavy atom. The Morgan fingerprint density at radius 2 is 1.94 bits per heavy atom. The van der Waals surface area contributed by atoms with E-state index in [-0.39, 0.29) is 0 Å². The summed E-state index contributed by atoms with van der Waals surface area (Å²) < 4.78 is 5.04. The van der Waals surface area contributed by atoms with Crippen LogP contribution in [0.4, 0.5) is 5.88 Å². The predicted molar refractivity (Wildman–Crippen MR) is 62.2 cm³/mol. The van der Waals surface area contributed by atoms with Crippen molar-refractivity contribution in [2.24, 2.45) is 0 Å². The molecule has 0 unspecified atom stereocenters. The lowest BCUT2D eigenvalue weighted by Crippen LogP contribution is -2.35. The van der Waals surface area contributed by atoms with Gasteiger partial charge < -0.3 is 10.3 Å². The number of aromatic nitrogens is 1. The Morgan fingerprint density at radius 1 is 1.19 bits per heavy atom. The Hall–Kier alpha value is -1.03. The fourth-order valence-electron chi connectivity index (χ4n) is 3.07. The standard InChI is InChI=1S/C12H19N3O/c13-12-10-5-7-15(9-3-1-2-4-9)8-6-11(10)14-16-12/h9H,1-8,13H2. The molecule has 1 saturated carbocycles. The Labute approximate surface area is 95.8 Å². The molecule has 1 fully saturated rings. The molecule has 0 spiro atoms. The second-order valence-corrected chi connectivity index (χ2v) is 4.95. The van der Waals surface area contributed by atoms with Crippen LogP contribution in [-0.4, -0.2) is 29.2 Å². The molecule has 1 aliphatic heterocycles. The molecule has 2 N–H and O–H groups in total. The first-order valence-corrected chi connectivity index (χ1v) is 6.31. The van der Waals surface area contributed by atoms with E-state index >= 15 is 0 Å². The fourth-order valence-corrected chi connectivity index (χ4v) is 3.07. The Bertz CT molecular complexity index is 368. The molecule has 1 aromatic rings. The van der Waals surface area contributed by atoms with Crippen molar-refractivity contribution in [2.45, 2.75) is 44.6 Å². The lowest BCUT2D eigenvalue weighted by molar-refractivity contribution is 0.206. The second kappa shape index (κ2) is 4.09. The molecule has 1 aliphatic carbocycles. The molecule has 0 atom stereocenters. The van der Waals surface area contributed by atoms with Crippen molar-refractivity contribution in [1.29, 1.82) is 0 Å². The zero-order valence-corrected chi connectivity index (χ0v) is 9.61. The summed E-state index contributed by atoms with van der Waals surface area (Å²) in [5.74, 6) is 0.531. The summed E-state index contributed by atoms with van der Waals surface area (Å²) in [6.45, 7) is 2.23. The SMILES string of the molecule is Nc1onc2c1CCN(C1CCCC1)CC2. The largest absolute Gasteiger partial charge is 0.367 e. The molecular weight excluding hydrogens is 202 g/mol. The summed E-state index contributed by atoms with van der Waals surface area (Å²) in [4.78, 5) is 2.62. The third kappa shape index (κ3) is 1.71. The third-order valence-corrected chi connectivity index (χ3v) is 4.03. The van der Waals surface area contributed by atoms with Crippen molar-refractivity contribution in [2.75, 3.05) is 18.8 Å². The minimum absolute atomic E-state index is 0.531. The van der Waals surface area contributed by atoms with Gasteiger partial charge in [-0.1, -0.05) is 18.0 Å². The summed E-state index contributed by atoms with van der Waals surface area (Å²) in [6, 6.07) is 0.808. The van der Waals surface area contributed by atoms with Crippen LogP contribution in [0.2, 0.25) is 0 Å². The first-order chi connectivity index (χ1) is 7.84. The van der Waals surface area contributed by atoms with Crippen LogP contribution in [0.25, 0.3) is 0 Å². The van der Waals surface area contributed by atoms with Crippen LogP contribution in [0.5, 0.6) is 0 Å². The van der Waals surface area contributed by atoms with Gasteiger partial charge in [-0.05, 0) is 19.3 Å². The van der Waals surface area contributed by atoms with E-state index in [0.29, 0.717) is 5.88 Å². The summed E-state index contributed by atoms with van der Waals surface area (Å²) in [5.41, 5.74) is 8.02. The van der Waals surface area contributed by atoms with Crippen LogP contribution in [0, 0.1) is 0 Å². The highest BCUT2D eigenvalue weighted by Gasteiger charge is 2.26. The van der Waals surface area contributed by atoms with Crippen LogP contribution in [-0.2, 0) is 12.8 Å². The summed E-state index contributed by atoms with van der Waals surface area (Å²) in [5, 5.41) is 4.05. The van der Waals surface area contributed by atoms with Gasteiger partial charge in [-0.3, -0.25) is 4.90 Å². The van der Waals surface area contributed by atoms with Crippen molar-refractivity contribution in [3.63, 3.8) is 0 Å². The minimum Gasteiger partial charge on any atom is -0.367 e. The third-order valence-electron chi connectivity index (χ3n) is 4.03. The van der Waals surface area contributed by atoms with E-state index in [1.165, 1.54) is 25.7 Å². The first-order valence-electron chi connectivity index (χ1n) is 6.31. The average molecular weight is 221 g/mol. The molecule has 4 heteroatoms. The molecule has 0 bridgehead atoms. The van der Waals surface area contributed by atoms with Crippen LogP contribution < -0.4 is 5.73 Å². The van der Waals surface area contributed by atoms with Crippen LogP contribution in [0.1, 0.15) is 36.9 Å². The number of anilines is 1. The monoisotopic (exact) mass is 221 g/mol. The maximum absolute atomic E-state index is 5.78. The molecule has 2 aliphatic rings. The average Bonchev–Trinajstić information content (AvgIpc) is 2.87. The molecule has 0 aromatic carbocycles. The topological polar surface area (TPSA) is 55.3 Å². The van der Waals surface area contributed by atoms with Crippen molar-refractivity contribution in [1.82, 2.24) is 10.1 Å². The number of hydrogen-bond acceptors (Lipinski definition) is 4. The van der Waals surface area contributed by atoms with Crippen LogP contribution >= 0.6 is 0 Å². The van der Waals surface area contributed by atoms with E-state index in [1.54, 1.807) is 0 Å². The Balaban J connectivity index is 1.72. The quantitative estimate of drug-likeness (QED) is 0.782. The smallest absolute Gasteiger partial charge is 0.225 e. The molecule has 0 amide bonds. The van der Waals surface area contributed by atoms with E-state index in [2.05, 4.69) is 10.1 Å². The van der Waals surface area contributed by atoms with Crippen LogP contribution in [0.15, 0.2) is 4.52 Å². The highest BCUT2D eigenvalue weighted by atomic mass is 16.5. The molecule has 4 nitrogen and oxygen atoms in total. The zero-order valence-electron chi connectivity index (χ0n) is 9.61. The van der Waals surface area contributed by atoms with Crippen molar-refractivity contribution < 1.29 is 4.52 Å². The van der Waals surface area contributed by atoms with Crippen molar-refractivity contribution in [3.8, 4) is 0 Å². The Kier molecular flexibility index (Phi) is 2.59. The molecular formula is C12H19N3O. The van der Waals surface area contributed by atoms with Gasteiger partial charge >= 0.3 is 0 Å². The summed E-state index contributed by atoms with van der Waals surface area (Å²) in [7, 11) is 0. The van der Waals surface area contributed by atoms with E-state index in [1.807, 2.05) is 0 Å². The number of nitrogen functional groups attached to an aromatic ring is 1. The minimum atomic E-state index is 0.531. The van der Waals surface area contributed by atoms with Gasteiger partial charge in [-0.25, -0.2) is 0 Å². The lowest BCUT2D eigenvalue weighted by atomic mass is 10.1. The maximum Gasteiger partial charge on any atom is 0.225 e. The zero-order chi connectivity index (χ0) is 11.0. The van der Waals surface area contributed by atoms with Gasteiger partial charge in [0.1, 0.15) is 0 Å². The van der Waals surface area contributed by atoms with E-state index < -0.39 is 0 Å². The number of hydrogen-bond donors (Lipinski definition) is 1. The van der Waals surface area contributed by atoms with Gasteiger partial charge in [-0.2, -0.15) is 0 Å². The number of fused-ring (bicyclic) bond motifs is 1. The molecule has 1 aromatic heterocycles. The number of nitrogens with two attached hydrogens (primary N) is 1. The van der Waals surface area contributed by atoms with Gasteiger partial charge in [0.2, 0.25) is 5.88 Å². The highest BCUT2D eigenvalue weighted by molar-refractivity contribution is 5.39. The van der Waals surface area contributed by atoms with Crippen molar-refractivity contribution >= 4 is 5.88 Å². The molecule has 0 radical (unpaired) electrons. The van der Waals surface area contributed by atoms with Gasteiger partial charge in [0.15, 0.2) is 0 Å². The molecule has 0 saturated heterocycles. The molecule has 88 valence electrons. The van der Waals surface area contributed by atoms with Gasteiger partial charge in [0.25, 0.3) is 0 Å². The molecule has 2 heterocycles. The highest BCUT2D eigenvalue weighted by Crippen LogP contribution is 2.27. The maximum atomic E-state index is 5.78. The normalized spacial score (nSPS) is 23.2. The van der Waals surface area contributed by atoms with E-state index in [9.17, 15) is 0 Å². The van der Waals surface area contributed by atoms with Gasteiger partial charge in [0, 0.05) is 31.1 Å². The lowest BCUT2D eigenvalue weighted by Gasteiger charge is -2.26. The van der Waals surface area contributed by atoms with Gasteiger partial charge in [-0.15, -0.1) is 0 Å².